The Morgan fingerprint density at radius 3 is 2.70 bits per heavy atom. The standard InChI is InChI=1S/C23H23N5O2/c1-2-28-23(30)16-9-4-3-8-15(16)19(26-28)14-21(29)27-13-7-12-20(27)22-24-17-10-5-6-11-18(17)25-22/h3-6,8-11,20H,2,7,12-14H2,1H3,(H,24,25). The Balaban J connectivity index is 1.47. The zero-order valence-corrected chi connectivity index (χ0v) is 16.8. The van der Waals surface area contributed by atoms with Gasteiger partial charge in [-0.2, -0.15) is 5.10 Å². The molecule has 152 valence electrons. The smallest absolute Gasteiger partial charge is 0.274 e. The normalized spacial score (nSPS) is 16.6. The molecule has 1 amide bonds. The van der Waals surface area contributed by atoms with E-state index >= 15 is 0 Å². The molecule has 2 aromatic carbocycles. The number of aromatic nitrogens is 4. The molecule has 1 aliphatic heterocycles. The summed E-state index contributed by atoms with van der Waals surface area (Å²) in [4.78, 5) is 35.9. The summed E-state index contributed by atoms with van der Waals surface area (Å²) in [6.45, 7) is 3.05. The molecule has 0 saturated carbocycles. The Hall–Kier alpha value is -3.48. The Kier molecular flexibility index (Phi) is 4.58. The van der Waals surface area contributed by atoms with Gasteiger partial charge in [0, 0.05) is 18.5 Å². The number of nitrogens with one attached hydrogen (secondary N) is 1. The zero-order valence-electron chi connectivity index (χ0n) is 16.8. The minimum Gasteiger partial charge on any atom is -0.340 e. The molecule has 0 spiro atoms. The summed E-state index contributed by atoms with van der Waals surface area (Å²) in [5.41, 5.74) is 2.42. The largest absolute Gasteiger partial charge is 0.340 e. The van der Waals surface area contributed by atoms with E-state index in [0.29, 0.717) is 24.2 Å². The predicted octanol–water partition coefficient (Wildman–Crippen LogP) is 3.20. The summed E-state index contributed by atoms with van der Waals surface area (Å²) in [6.07, 6.45) is 1.99. The number of benzene rings is 2. The third kappa shape index (κ3) is 3.07. The van der Waals surface area contributed by atoms with Gasteiger partial charge in [0.05, 0.1) is 34.6 Å². The van der Waals surface area contributed by atoms with E-state index in [1.807, 2.05) is 54.3 Å². The van der Waals surface area contributed by atoms with Gasteiger partial charge >= 0.3 is 0 Å². The molecule has 7 heteroatoms. The fourth-order valence-electron chi connectivity index (χ4n) is 4.37. The van der Waals surface area contributed by atoms with Crippen LogP contribution in [0.2, 0.25) is 0 Å². The molecule has 1 fully saturated rings. The summed E-state index contributed by atoms with van der Waals surface area (Å²) in [7, 11) is 0. The number of carbonyl (C=O) groups is 1. The van der Waals surface area contributed by atoms with Crippen LogP contribution in [0.4, 0.5) is 0 Å². The quantitative estimate of drug-likeness (QED) is 0.569. The molecule has 7 nitrogen and oxygen atoms in total. The highest BCUT2D eigenvalue weighted by atomic mass is 16.2. The summed E-state index contributed by atoms with van der Waals surface area (Å²) < 4.78 is 1.44. The minimum atomic E-state index is -0.120. The molecule has 1 N–H and O–H groups in total. The number of carbonyl (C=O) groups excluding carboxylic acids is 1. The molecule has 0 aliphatic carbocycles. The molecular formula is C23H23N5O2. The lowest BCUT2D eigenvalue weighted by Gasteiger charge is -2.23. The van der Waals surface area contributed by atoms with Crippen molar-refractivity contribution in [1.82, 2.24) is 24.6 Å². The topological polar surface area (TPSA) is 83.9 Å². The Bertz CT molecular complexity index is 1270. The van der Waals surface area contributed by atoms with Gasteiger partial charge < -0.3 is 9.88 Å². The van der Waals surface area contributed by atoms with E-state index in [1.54, 1.807) is 6.07 Å². The lowest BCUT2D eigenvalue weighted by atomic mass is 10.1. The molecule has 5 rings (SSSR count). The number of hydrogen-bond donors (Lipinski definition) is 1. The van der Waals surface area contributed by atoms with E-state index in [-0.39, 0.29) is 23.9 Å². The Morgan fingerprint density at radius 1 is 1.13 bits per heavy atom. The van der Waals surface area contributed by atoms with Crippen LogP contribution < -0.4 is 5.56 Å². The molecule has 1 atom stereocenters. The van der Waals surface area contributed by atoms with Crippen LogP contribution >= 0.6 is 0 Å². The van der Waals surface area contributed by atoms with Crippen LogP contribution in [0.1, 0.15) is 37.3 Å². The maximum atomic E-state index is 13.3. The monoisotopic (exact) mass is 401 g/mol. The van der Waals surface area contributed by atoms with Gasteiger partial charge in [-0.1, -0.05) is 30.3 Å². The lowest BCUT2D eigenvalue weighted by Crippen LogP contribution is -2.33. The van der Waals surface area contributed by atoms with Gasteiger partial charge in [-0.3, -0.25) is 9.59 Å². The highest BCUT2D eigenvalue weighted by Crippen LogP contribution is 2.32. The van der Waals surface area contributed by atoms with E-state index in [4.69, 9.17) is 4.98 Å². The van der Waals surface area contributed by atoms with Crippen LogP contribution in [-0.2, 0) is 17.8 Å². The molecule has 3 heterocycles. The summed E-state index contributed by atoms with van der Waals surface area (Å²) in [5, 5.41) is 5.85. The highest BCUT2D eigenvalue weighted by Gasteiger charge is 2.32. The van der Waals surface area contributed by atoms with Gasteiger partial charge in [-0.25, -0.2) is 9.67 Å². The third-order valence-corrected chi connectivity index (χ3v) is 5.86. The Morgan fingerprint density at radius 2 is 1.90 bits per heavy atom. The van der Waals surface area contributed by atoms with Crippen LogP contribution in [-0.4, -0.2) is 37.1 Å². The minimum absolute atomic E-state index is 0.0110. The maximum absolute atomic E-state index is 13.3. The van der Waals surface area contributed by atoms with E-state index in [1.165, 1.54) is 4.68 Å². The first-order chi connectivity index (χ1) is 14.7. The number of nitrogens with zero attached hydrogens (tertiary/aromatic N) is 4. The number of fused-ring (bicyclic) bond motifs is 2. The summed E-state index contributed by atoms with van der Waals surface area (Å²) in [6, 6.07) is 15.2. The predicted molar refractivity (Wildman–Crippen MR) is 115 cm³/mol. The number of aryl methyl sites for hydroxylation is 1. The van der Waals surface area contributed by atoms with Gasteiger partial charge in [-0.15, -0.1) is 0 Å². The SMILES string of the molecule is CCn1nc(CC(=O)N2CCCC2c2nc3ccccc3[nH]2)c2ccccc2c1=O. The number of hydrogen-bond acceptors (Lipinski definition) is 4. The van der Waals surface area contributed by atoms with Crippen LogP contribution in [0.3, 0.4) is 0 Å². The van der Waals surface area contributed by atoms with E-state index in [0.717, 1.165) is 35.1 Å². The number of amides is 1. The second-order valence-electron chi connectivity index (χ2n) is 7.67. The van der Waals surface area contributed by atoms with Crippen LogP contribution in [0.15, 0.2) is 53.3 Å². The van der Waals surface area contributed by atoms with E-state index in [2.05, 4.69) is 10.1 Å². The summed E-state index contributed by atoms with van der Waals surface area (Å²) >= 11 is 0. The molecule has 4 aromatic rings. The second kappa shape index (κ2) is 7.40. The van der Waals surface area contributed by atoms with Crippen LogP contribution in [0, 0.1) is 0 Å². The first-order valence-corrected chi connectivity index (χ1v) is 10.4. The fraction of sp³-hybridized carbons (Fsp3) is 0.304. The average Bonchev–Trinajstić information content (AvgIpc) is 3.42. The zero-order chi connectivity index (χ0) is 20.7. The van der Waals surface area contributed by atoms with Crippen molar-refractivity contribution in [2.75, 3.05) is 6.54 Å². The van der Waals surface area contributed by atoms with Crippen molar-refractivity contribution in [2.24, 2.45) is 0 Å². The van der Waals surface area contributed by atoms with E-state index in [9.17, 15) is 9.59 Å². The number of rotatable bonds is 4. The fourth-order valence-corrected chi connectivity index (χ4v) is 4.37. The number of likely N-dealkylation sites (tertiary alicyclic amines) is 1. The average molecular weight is 401 g/mol. The van der Waals surface area contributed by atoms with Crippen molar-refractivity contribution < 1.29 is 4.79 Å². The highest BCUT2D eigenvalue weighted by molar-refractivity contribution is 5.88. The van der Waals surface area contributed by atoms with Crippen molar-refractivity contribution in [3.63, 3.8) is 0 Å². The molecule has 30 heavy (non-hydrogen) atoms. The van der Waals surface area contributed by atoms with Gasteiger partial charge in [0.1, 0.15) is 5.82 Å². The first-order valence-electron chi connectivity index (χ1n) is 10.4. The Labute approximate surface area is 173 Å². The number of aromatic amines is 1. The third-order valence-electron chi connectivity index (χ3n) is 5.86. The number of H-pyrrole nitrogens is 1. The van der Waals surface area contributed by atoms with Gasteiger partial charge in [-0.05, 0) is 38.0 Å². The number of para-hydroxylation sites is 2. The molecular weight excluding hydrogens is 378 g/mol. The van der Waals surface area contributed by atoms with Crippen molar-refractivity contribution in [3.8, 4) is 0 Å². The molecule has 0 radical (unpaired) electrons. The van der Waals surface area contributed by atoms with Gasteiger partial charge in [0.2, 0.25) is 5.91 Å². The maximum Gasteiger partial charge on any atom is 0.274 e. The lowest BCUT2D eigenvalue weighted by molar-refractivity contribution is -0.131. The first kappa shape index (κ1) is 18.5. The molecule has 1 saturated heterocycles. The second-order valence-corrected chi connectivity index (χ2v) is 7.67. The summed E-state index contributed by atoms with van der Waals surface area (Å²) in [5.74, 6) is 0.843. The van der Waals surface area contributed by atoms with Crippen molar-refractivity contribution in [1.29, 1.82) is 0 Å². The molecule has 1 unspecified atom stereocenters. The van der Waals surface area contributed by atoms with Crippen molar-refractivity contribution in [3.05, 3.63) is 70.4 Å². The van der Waals surface area contributed by atoms with Crippen LogP contribution in [0.5, 0.6) is 0 Å². The molecule has 2 aromatic heterocycles. The van der Waals surface area contributed by atoms with Gasteiger partial charge in [0.15, 0.2) is 0 Å². The molecule has 0 bridgehead atoms. The number of imidazole rings is 1. The van der Waals surface area contributed by atoms with Crippen LogP contribution in [0.25, 0.3) is 21.8 Å². The van der Waals surface area contributed by atoms with Gasteiger partial charge in [0.25, 0.3) is 5.56 Å². The van der Waals surface area contributed by atoms with Crippen molar-refractivity contribution in [2.45, 2.75) is 38.8 Å². The van der Waals surface area contributed by atoms with E-state index < -0.39 is 0 Å². The van der Waals surface area contributed by atoms with Crippen molar-refractivity contribution >= 4 is 27.7 Å². The molecule has 1 aliphatic rings.